The molecule has 0 aliphatic rings. The number of thiophene rings is 1. The van der Waals surface area contributed by atoms with Gasteiger partial charge in [0.1, 0.15) is 11.6 Å². The van der Waals surface area contributed by atoms with Crippen LogP contribution in [0.3, 0.4) is 0 Å². The van der Waals surface area contributed by atoms with Crippen molar-refractivity contribution in [1.29, 1.82) is 0 Å². The van der Waals surface area contributed by atoms with E-state index in [2.05, 4.69) is 6.07 Å². The molecule has 2 N–H and O–H groups in total. The Hall–Kier alpha value is -1.39. The molecule has 0 amide bonds. The highest BCUT2D eigenvalue weighted by molar-refractivity contribution is 7.09. The van der Waals surface area contributed by atoms with Crippen LogP contribution in [0, 0.1) is 5.82 Å². The van der Waals surface area contributed by atoms with Crippen LogP contribution in [0.5, 0.6) is 5.75 Å². The van der Waals surface area contributed by atoms with Crippen molar-refractivity contribution in [2.24, 2.45) is 5.73 Å². The third-order valence-electron chi connectivity index (χ3n) is 2.65. The Balaban J connectivity index is 2.01. The lowest BCUT2D eigenvalue weighted by Gasteiger charge is -2.13. The van der Waals surface area contributed by atoms with Crippen LogP contribution < -0.4 is 10.5 Å². The first-order valence-electron chi connectivity index (χ1n) is 5.87. The van der Waals surface area contributed by atoms with Crippen LogP contribution in [0.1, 0.15) is 23.4 Å². The second-order valence-electron chi connectivity index (χ2n) is 4.15. The zero-order chi connectivity index (χ0) is 13.0. The van der Waals surface area contributed by atoms with E-state index in [1.807, 2.05) is 18.4 Å². The van der Waals surface area contributed by atoms with Gasteiger partial charge in [-0.25, -0.2) is 4.39 Å². The van der Waals surface area contributed by atoms with Gasteiger partial charge >= 0.3 is 0 Å². The van der Waals surface area contributed by atoms with Crippen molar-refractivity contribution in [2.45, 2.75) is 19.4 Å². The summed E-state index contributed by atoms with van der Waals surface area (Å²) in [5.41, 5.74) is 6.67. The van der Waals surface area contributed by atoms with Gasteiger partial charge in [-0.2, -0.15) is 0 Å². The van der Waals surface area contributed by atoms with Crippen molar-refractivity contribution < 1.29 is 9.13 Å². The van der Waals surface area contributed by atoms with Gasteiger partial charge in [0.15, 0.2) is 0 Å². The Morgan fingerprint density at radius 3 is 2.89 bits per heavy atom. The number of halogens is 1. The van der Waals surface area contributed by atoms with Crippen molar-refractivity contribution in [2.75, 3.05) is 6.61 Å². The lowest BCUT2D eigenvalue weighted by Crippen LogP contribution is -2.09. The highest BCUT2D eigenvalue weighted by Crippen LogP contribution is 2.25. The van der Waals surface area contributed by atoms with Crippen LogP contribution in [-0.2, 0) is 6.42 Å². The molecular formula is C14H16FNOS. The summed E-state index contributed by atoms with van der Waals surface area (Å²) in [5.74, 6) is 0.243. The van der Waals surface area contributed by atoms with Crippen LogP contribution in [0.2, 0.25) is 0 Å². The molecule has 0 saturated heterocycles. The molecule has 0 bridgehead atoms. The molecule has 1 aromatic carbocycles. The molecule has 0 aliphatic carbocycles. The molecule has 0 radical (unpaired) electrons. The first kappa shape index (κ1) is 13.1. The number of nitrogens with two attached hydrogens (primary N) is 1. The Kier molecular flexibility index (Phi) is 4.33. The van der Waals surface area contributed by atoms with Crippen molar-refractivity contribution in [3.63, 3.8) is 0 Å². The number of rotatable bonds is 5. The first-order valence-corrected chi connectivity index (χ1v) is 6.75. The van der Waals surface area contributed by atoms with E-state index in [0.717, 1.165) is 12.0 Å². The van der Waals surface area contributed by atoms with Gasteiger partial charge in [0.2, 0.25) is 0 Å². The maximum absolute atomic E-state index is 13.2. The molecule has 2 nitrogen and oxygen atoms in total. The van der Waals surface area contributed by atoms with E-state index >= 15 is 0 Å². The van der Waals surface area contributed by atoms with Gasteiger partial charge in [0, 0.05) is 29.0 Å². The number of benzene rings is 1. The molecular weight excluding hydrogens is 249 g/mol. The van der Waals surface area contributed by atoms with E-state index in [9.17, 15) is 4.39 Å². The minimum Gasteiger partial charge on any atom is -0.493 e. The number of ether oxygens (including phenoxy) is 1. The topological polar surface area (TPSA) is 35.2 Å². The van der Waals surface area contributed by atoms with E-state index in [0.29, 0.717) is 12.4 Å². The smallest absolute Gasteiger partial charge is 0.126 e. The van der Waals surface area contributed by atoms with Crippen LogP contribution >= 0.6 is 11.3 Å². The lowest BCUT2D eigenvalue weighted by molar-refractivity contribution is 0.316. The van der Waals surface area contributed by atoms with Gasteiger partial charge in [0.25, 0.3) is 0 Å². The van der Waals surface area contributed by atoms with Crippen molar-refractivity contribution in [3.05, 3.63) is 52.0 Å². The summed E-state index contributed by atoms with van der Waals surface area (Å²) in [6, 6.07) is 8.39. The second-order valence-corrected chi connectivity index (χ2v) is 5.18. The molecule has 1 unspecified atom stereocenters. The Labute approximate surface area is 110 Å². The van der Waals surface area contributed by atoms with Gasteiger partial charge < -0.3 is 10.5 Å². The zero-order valence-electron chi connectivity index (χ0n) is 10.2. The molecule has 1 heterocycles. The SMILES string of the molecule is CC(N)c1ccc(F)cc1OCCc1cccs1. The highest BCUT2D eigenvalue weighted by Gasteiger charge is 2.09. The zero-order valence-corrected chi connectivity index (χ0v) is 11.0. The third kappa shape index (κ3) is 3.31. The van der Waals surface area contributed by atoms with Crippen molar-refractivity contribution in [3.8, 4) is 5.75 Å². The fourth-order valence-electron chi connectivity index (χ4n) is 1.73. The number of hydrogen-bond acceptors (Lipinski definition) is 3. The fourth-order valence-corrected chi connectivity index (χ4v) is 2.42. The molecule has 18 heavy (non-hydrogen) atoms. The normalized spacial score (nSPS) is 12.4. The maximum atomic E-state index is 13.2. The predicted octanol–water partition coefficient (Wildman–Crippen LogP) is 3.53. The average Bonchev–Trinajstić information content (AvgIpc) is 2.82. The van der Waals surface area contributed by atoms with Gasteiger partial charge in [0.05, 0.1) is 6.61 Å². The summed E-state index contributed by atoms with van der Waals surface area (Å²) in [5, 5.41) is 2.03. The molecule has 2 aromatic rings. The van der Waals surface area contributed by atoms with Crippen molar-refractivity contribution in [1.82, 2.24) is 0 Å². The quantitative estimate of drug-likeness (QED) is 0.897. The third-order valence-corrected chi connectivity index (χ3v) is 3.59. The summed E-state index contributed by atoms with van der Waals surface area (Å²) in [6.07, 6.45) is 0.826. The lowest BCUT2D eigenvalue weighted by atomic mass is 10.1. The number of hydrogen-bond donors (Lipinski definition) is 1. The van der Waals surface area contributed by atoms with E-state index < -0.39 is 0 Å². The fraction of sp³-hybridized carbons (Fsp3) is 0.286. The maximum Gasteiger partial charge on any atom is 0.126 e. The Bertz CT molecular complexity index is 497. The average molecular weight is 265 g/mol. The first-order chi connectivity index (χ1) is 8.66. The molecule has 0 fully saturated rings. The van der Waals surface area contributed by atoms with E-state index in [-0.39, 0.29) is 11.9 Å². The minimum absolute atomic E-state index is 0.165. The summed E-state index contributed by atoms with van der Waals surface area (Å²) in [7, 11) is 0. The molecule has 0 aliphatic heterocycles. The van der Waals surface area contributed by atoms with Gasteiger partial charge in [-0.3, -0.25) is 0 Å². The Morgan fingerprint density at radius 2 is 2.22 bits per heavy atom. The van der Waals surface area contributed by atoms with Gasteiger partial charge in [-0.15, -0.1) is 11.3 Å². The monoisotopic (exact) mass is 265 g/mol. The Morgan fingerprint density at radius 1 is 1.39 bits per heavy atom. The van der Waals surface area contributed by atoms with Crippen molar-refractivity contribution >= 4 is 11.3 Å². The molecule has 1 atom stereocenters. The largest absolute Gasteiger partial charge is 0.493 e. The molecule has 2 rings (SSSR count). The van der Waals surface area contributed by atoms with E-state index in [4.69, 9.17) is 10.5 Å². The van der Waals surface area contributed by atoms with Crippen LogP contribution in [0.15, 0.2) is 35.7 Å². The standard InChI is InChI=1S/C14H16FNOS/c1-10(16)13-5-4-11(15)9-14(13)17-7-6-12-3-2-8-18-12/h2-5,8-10H,6-7,16H2,1H3. The highest BCUT2D eigenvalue weighted by atomic mass is 32.1. The minimum atomic E-state index is -0.300. The predicted molar refractivity (Wildman–Crippen MR) is 72.5 cm³/mol. The second kappa shape index (κ2) is 5.98. The molecule has 0 saturated carbocycles. The summed E-state index contributed by atoms with van der Waals surface area (Å²) in [6.45, 7) is 2.39. The summed E-state index contributed by atoms with van der Waals surface area (Å²) < 4.78 is 18.8. The summed E-state index contributed by atoms with van der Waals surface area (Å²) in [4.78, 5) is 1.26. The molecule has 0 spiro atoms. The van der Waals surface area contributed by atoms with Gasteiger partial charge in [-0.05, 0) is 24.4 Å². The van der Waals surface area contributed by atoms with E-state index in [1.54, 1.807) is 17.4 Å². The molecule has 4 heteroatoms. The van der Waals surface area contributed by atoms with Crippen LogP contribution in [0.25, 0.3) is 0 Å². The van der Waals surface area contributed by atoms with Gasteiger partial charge in [-0.1, -0.05) is 12.1 Å². The molecule has 96 valence electrons. The van der Waals surface area contributed by atoms with Crippen LogP contribution in [0.4, 0.5) is 4.39 Å². The van der Waals surface area contributed by atoms with Crippen LogP contribution in [-0.4, -0.2) is 6.61 Å². The van der Waals surface area contributed by atoms with E-state index in [1.165, 1.54) is 17.0 Å². The molecule has 1 aromatic heterocycles. The summed E-state index contributed by atoms with van der Waals surface area (Å²) >= 11 is 1.69.